The minimum Gasteiger partial charge on any atom is -0.377 e. The summed E-state index contributed by atoms with van der Waals surface area (Å²) in [5.41, 5.74) is 3.56. The largest absolute Gasteiger partial charge is 0.377 e. The molecule has 126 valence electrons. The zero-order chi connectivity index (χ0) is 17.5. The molecule has 2 aromatic carbocycles. The van der Waals surface area contributed by atoms with Crippen molar-refractivity contribution >= 4 is 11.6 Å². The first-order valence-corrected chi connectivity index (χ1v) is 8.32. The molecule has 1 atom stereocenters. The van der Waals surface area contributed by atoms with E-state index in [0.29, 0.717) is 12.2 Å². The van der Waals surface area contributed by atoms with Gasteiger partial charge in [-0.1, -0.05) is 60.7 Å². The zero-order valence-electron chi connectivity index (χ0n) is 14.1. The SMILES string of the molecule is CC(Nc1ccc(C(=O)NCc2ccccc2)nc1)c1ccccc1. The molecule has 0 aliphatic rings. The third-order valence-electron chi connectivity index (χ3n) is 3.97. The van der Waals surface area contributed by atoms with Gasteiger partial charge in [-0.25, -0.2) is 4.98 Å². The van der Waals surface area contributed by atoms with Crippen molar-refractivity contribution in [1.82, 2.24) is 10.3 Å². The minimum absolute atomic E-state index is 0.167. The molecule has 1 amide bonds. The van der Waals surface area contributed by atoms with Gasteiger partial charge >= 0.3 is 0 Å². The Labute approximate surface area is 147 Å². The summed E-state index contributed by atoms with van der Waals surface area (Å²) in [6.45, 7) is 2.59. The Morgan fingerprint density at radius 3 is 2.28 bits per heavy atom. The number of nitrogens with one attached hydrogen (secondary N) is 2. The standard InChI is InChI=1S/C21H21N3O/c1-16(18-10-6-3-7-11-18)24-19-12-13-20(22-15-19)21(25)23-14-17-8-4-2-5-9-17/h2-13,15-16,24H,14H2,1H3,(H,23,25). The van der Waals surface area contributed by atoms with Gasteiger partial charge in [0.05, 0.1) is 11.9 Å². The molecular formula is C21H21N3O. The number of aromatic nitrogens is 1. The highest BCUT2D eigenvalue weighted by atomic mass is 16.1. The molecule has 1 aromatic heterocycles. The molecule has 0 fully saturated rings. The highest BCUT2D eigenvalue weighted by Crippen LogP contribution is 2.18. The third kappa shape index (κ3) is 4.67. The lowest BCUT2D eigenvalue weighted by Crippen LogP contribution is -2.23. The average molecular weight is 331 g/mol. The Hall–Kier alpha value is -3.14. The Morgan fingerprint density at radius 2 is 1.64 bits per heavy atom. The fourth-order valence-electron chi connectivity index (χ4n) is 2.56. The zero-order valence-corrected chi connectivity index (χ0v) is 14.1. The number of nitrogens with zero attached hydrogens (tertiary/aromatic N) is 1. The molecule has 0 saturated heterocycles. The Balaban J connectivity index is 1.57. The van der Waals surface area contributed by atoms with Crippen LogP contribution in [0, 0.1) is 0 Å². The summed E-state index contributed by atoms with van der Waals surface area (Å²) in [6.07, 6.45) is 1.69. The van der Waals surface area contributed by atoms with E-state index in [2.05, 4.69) is 34.7 Å². The molecule has 3 aromatic rings. The van der Waals surface area contributed by atoms with Crippen molar-refractivity contribution in [1.29, 1.82) is 0 Å². The number of hydrogen-bond donors (Lipinski definition) is 2. The molecule has 0 spiro atoms. The first kappa shape index (κ1) is 16.7. The number of hydrogen-bond acceptors (Lipinski definition) is 3. The molecule has 4 heteroatoms. The van der Waals surface area contributed by atoms with Gasteiger partial charge in [-0.2, -0.15) is 0 Å². The lowest BCUT2D eigenvalue weighted by Gasteiger charge is -2.15. The Morgan fingerprint density at radius 1 is 0.960 bits per heavy atom. The first-order chi connectivity index (χ1) is 12.2. The highest BCUT2D eigenvalue weighted by Gasteiger charge is 2.08. The van der Waals surface area contributed by atoms with Crippen molar-refractivity contribution in [3.8, 4) is 0 Å². The third-order valence-corrected chi connectivity index (χ3v) is 3.97. The second-order valence-electron chi connectivity index (χ2n) is 5.88. The van der Waals surface area contributed by atoms with Crippen LogP contribution < -0.4 is 10.6 Å². The molecule has 0 radical (unpaired) electrons. The van der Waals surface area contributed by atoms with E-state index in [1.165, 1.54) is 5.56 Å². The van der Waals surface area contributed by atoms with E-state index in [1.807, 2.05) is 54.6 Å². The van der Waals surface area contributed by atoms with Gasteiger partial charge < -0.3 is 10.6 Å². The van der Waals surface area contributed by atoms with E-state index in [4.69, 9.17) is 0 Å². The topological polar surface area (TPSA) is 54.0 Å². The highest BCUT2D eigenvalue weighted by molar-refractivity contribution is 5.92. The van der Waals surface area contributed by atoms with Gasteiger partial charge in [-0.05, 0) is 30.2 Å². The monoisotopic (exact) mass is 331 g/mol. The van der Waals surface area contributed by atoms with Gasteiger partial charge in [0, 0.05) is 12.6 Å². The van der Waals surface area contributed by atoms with Crippen molar-refractivity contribution in [2.75, 3.05) is 5.32 Å². The fourth-order valence-corrected chi connectivity index (χ4v) is 2.56. The predicted octanol–water partition coefficient (Wildman–Crippen LogP) is 4.18. The predicted molar refractivity (Wildman–Crippen MR) is 100 cm³/mol. The van der Waals surface area contributed by atoms with Gasteiger partial charge in [0.25, 0.3) is 5.91 Å². The molecule has 0 aliphatic carbocycles. The van der Waals surface area contributed by atoms with Crippen LogP contribution in [0.1, 0.15) is 34.6 Å². The van der Waals surface area contributed by atoms with Crippen molar-refractivity contribution in [3.63, 3.8) is 0 Å². The van der Waals surface area contributed by atoms with Gasteiger partial charge in [0.15, 0.2) is 0 Å². The smallest absolute Gasteiger partial charge is 0.270 e. The van der Waals surface area contributed by atoms with E-state index in [-0.39, 0.29) is 11.9 Å². The van der Waals surface area contributed by atoms with Crippen LogP contribution in [0.15, 0.2) is 79.0 Å². The molecule has 1 unspecified atom stereocenters. The maximum absolute atomic E-state index is 12.2. The van der Waals surface area contributed by atoms with Crippen LogP contribution in [0.4, 0.5) is 5.69 Å². The normalized spacial score (nSPS) is 11.6. The van der Waals surface area contributed by atoms with Gasteiger partial charge in [0.1, 0.15) is 5.69 Å². The van der Waals surface area contributed by atoms with E-state index < -0.39 is 0 Å². The Bertz CT molecular complexity index is 802. The fraction of sp³-hybridized carbons (Fsp3) is 0.143. The van der Waals surface area contributed by atoms with Crippen LogP contribution in [0.25, 0.3) is 0 Å². The summed E-state index contributed by atoms with van der Waals surface area (Å²) < 4.78 is 0. The van der Waals surface area contributed by atoms with Crippen molar-refractivity contribution in [2.24, 2.45) is 0 Å². The summed E-state index contributed by atoms with van der Waals surface area (Å²) in [5, 5.41) is 6.27. The number of anilines is 1. The number of benzene rings is 2. The lowest BCUT2D eigenvalue weighted by molar-refractivity contribution is 0.0946. The second kappa shape index (κ2) is 8.11. The molecule has 0 bridgehead atoms. The number of carbonyl (C=O) groups is 1. The first-order valence-electron chi connectivity index (χ1n) is 8.32. The van der Waals surface area contributed by atoms with Crippen LogP contribution in [0.2, 0.25) is 0 Å². The van der Waals surface area contributed by atoms with E-state index in [0.717, 1.165) is 11.3 Å². The van der Waals surface area contributed by atoms with E-state index in [1.54, 1.807) is 12.3 Å². The molecule has 1 heterocycles. The molecule has 0 aliphatic heterocycles. The number of amides is 1. The van der Waals surface area contributed by atoms with Gasteiger partial charge in [0.2, 0.25) is 0 Å². The summed E-state index contributed by atoms with van der Waals surface area (Å²) in [7, 11) is 0. The summed E-state index contributed by atoms with van der Waals surface area (Å²) in [6, 6.07) is 23.8. The van der Waals surface area contributed by atoms with Crippen LogP contribution in [-0.4, -0.2) is 10.9 Å². The molecular weight excluding hydrogens is 310 g/mol. The average Bonchev–Trinajstić information content (AvgIpc) is 2.68. The maximum atomic E-state index is 12.2. The van der Waals surface area contributed by atoms with Crippen molar-refractivity contribution < 1.29 is 4.79 Å². The Kier molecular flexibility index (Phi) is 5.42. The summed E-state index contributed by atoms with van der Waals surface area (Å²) in [4.78, 5) is 16.4. The van der Waals surface area contributed by atoms with Crippen LogP contribution >= 0.6 is 0 Å². The summed E-state index contributed by atoms with van der Waals surface area (Å²) in [5.74, 6) is -0.175. The second-order valence-corrected chi connectivity index (χ2v) is 5.88. The minimum atomic E-state index is -0.175. The maximum Gasteiger partial charge on any atom is 0.270 e. The van der Waals surface area contributed by atoms with Gasteiger partial charge in [-0.15, -0.1) is 0 Å². The molecule has 25 heavy (non-hydrogen) atoms. The van der Waals surface area contributed by atoms with Gasteiger partial charge in [-0.3, -0.25) is 4.79 Å². The molecule has 4 nitrogen and oxygen atoms in total. The van der Waals surface area contributed by atoms with Crippen LogP contribution in [0.3, 0.4) is 0 Å². The summed E-state index contributed by atoms with van der Waals surface area (Å²) >= 11 is 0. The van der Waals surface area contributed by atoms with E-state index >= 15 is 0 Å². The van der Waals surface area contributed by atoms with Crippen molar-refractivity contribution in [3.05, 3.63) is 95.8 Å². The molecule has 2 N–H and O–H groups in total. The number of pyridine rings is 1. The van der Waals surface area contributed by atoms with Crippen LogP contribution in [0.5, 0.6) is 0 Å². The molecule has 3 rings (SSSR count). The van der Waals surface area contributed by atoms with Crippen molar-refractivity contribution in [2.45, 2.75) is 19.5 Å². The number of rotatable bonds is 6. The van der Waals surface area contributed by atoms with E-state index in [9.17, 15) is 4.79 Å². The van der Waals surface area contributed by atoms with Crippen LogP contribution in [-0.2, 0) is 6.54 Å². The lowest BCUT2D eigenvalue weighted by atomic mass is 10.1. The quantitative estimate of drug-likeness (QED) is 0.712. The number of carbonyl (C=O) groups excluding carboxylic acids is 1. The molecule has 0 saturated carbocycles.